The molecule has 0 aliphatic carbocycles. The van der Waals surface area contributed by atoms with Crippen LogP contribution >= 0.6 is 22.6 Å². The molecule has 1 N–H and O–H groups in total. The molecule has 1 aromatic carbocycles. The van der Waals surface area contributed by atoms with Gasteiger partial charge in [0.25, 0.3) is 5.91 Å². The molecular formula is C14H17IN2O. The fourth-order valence-electron chi connectivity index (χ4n) is 3.01. The van der Waals surface area contributed by atoms with Gasteiger partial charge in [0.05, 0.1) is 0 Å². The Morgan fingerprint density at radius 1 is 1.33 bits per heavy atom. The molecular weight excluding hydrogens is 339 g/mol. The Morgan fingerprint density at radius 2 is 2.11 bits per heavy atom. The second-order valence-electron chi connectivity index (χ2n) is 5.23. The number of nitrogens with one attached hydrogen (secondary N) is 1. The molecule has 96 valence electrons. The van der Waals surface area contributed by atoms with Gasteiger partial charge in [0, 0.05) is 21.7 Å². The number of hydrogen-bond donors (Lipinski definition) is 1. The standard InChI is InChI=1S/C14H17IN2O/c15-12-3-1-2-11(8-12)14(18)16-13-9-17-6-4-10(13)5-7-17/h1-3,8,10,13H,4-7,9H2,(H,16,18). The maximum atomic E-state index is 12.2. The van der Waals surface area contributed by atoms with Crippen LogP contribution in [0.25, 0.3) is 0 Å². The lowest BCUT2D eigenvalue weighted by atomic mass is 9.84. The van der Waals surface area contributed by atoms with E-state index in [2.05, 4.69) is 32.8 Å². The molecule has 3 fully saturated rings. The van der Waals surface area contributed by atoms with E-state index in [1.807, 2.05) is 24.3 Å². The van der Waals surface area contributed by atoms with Gasteiger partial charge in [-0.1, -0.05) is 6.07 Å². The zero-order valence-corrected chi connectivity index (χ0v) is 12.4. The summed E-state index contributed by atoms with van der Waals surface area (Å²) < 4.78 is 1.11. The Balaban J connectivity index is 1.68. The number of halogens is 1. The van der Waals surface area contributed by atoms with E-state index in [-0.39, 0.29) is 5.91 Å². The molecule has 1 aromatic rings. The van der Waals surface area contributed by atoms with Crippen molar-refractivity contribution in [1.29, 1.82) is 0 Å². The zero-order chi connectivity index (χ0) is 12.5. The number of hydrogen-bond acceptors (Lipinski definition) is 2. The molecule has 1 amide bonds. The lowest BCUT2D eigenvalue weighted by Crippen LogP contribution is -2.57. The molecule has 3 aliphatic heterocycles. The molecule has 3 nitrogen and oxygen atoms in total. The van der Waals surface area contributed by atoms with Crippen LogP contribution in [-0.4, -0.2) is 36.5 Å². The molecule has 4 rings (SSSR count). The predicted molar refractivity (Wildman–Crippen MR) is 79.6 cm³/mol. The molecule has 4 heteroatoms. The van der Waals surface area contributed by atoms with Gasteiger partial charge in [-0.05, 0) is 72.6 Å². The summed E-state index contributed by atoms with van der Waals surface area (Å²) in [7, 11) is 0. The number of piperidine rings is 3. The number of carbonyl (C=O) groups excluding carboxylic acids is 1. The van der Waals surface area contributed by atoms with Gasteiger partial charge >= 0.3 is 0 Å². The number of fused-ring (bicyclic) bond motifs is 3. The molecule has 2 bridgehead atoms. The Hall–Kier alpha value is -0.620. The van der Waals surface area contributed by atoms with E-state index in [4.69, 9.17) is 0 Å². The van der Waals surface area contributed by atoms with E-state index >= 15 is 0 Å². The van der Waals surface area contributed by atoms with Crippen molar-refractivity contribution < 1.29 is 4.79 Å². The number of rotatable bonds is 2. The van der Waals surface area contributed by atoms with Crippen molar-refractivity contribution in [2.24, 2.45) is 5.92 Å². The largest absolute Gasteiger partial charge is 0.348 e. The van der Waals surface area contributed by atoms with Gasteiger partial charge in [0.2, 0.25) is 0 Å². The topological polar surface area (TPSA) is 32.3 Å². The van der Waals surface area contributed by atoms with Crippen LogP contribution in [0.2, 0.25) is 0 Å². The molecule has 0 spiro atoms. The van der Waals surface area contributed by atoms with Crippen LogP contribution in [0.1, 0.15) is 23.2 Å². The minimum atomic E-state index is 0.0762. The first-order chi connectivity index (χ1) is 8.72. The second kappa shape index (κ2) is 5.17. The first-order valence-corrected chi connectivity index (χ1v) is 7.59. The zero-order valence-electron chi connectivity index (χ0n) is 10.2. The van der Waals surface area contributed by atoms with Crippen LogP contribution in [0.4, 0.5) is 0 Å². The van der Waals surface area contributed by atoms with Crippen LogP contribution in [0.3, 0.4) is 0 Å². The first-order valence-electron chi connectivity index (χ1n) is 6.51. The summed E-state index contributed by atoms with van der Waals surface area (Å²) in [5.74, 6) is 0.758. The summed E-state index contributed by atoms with van der Waals surface area (Å²) in [6, 6.07) is 8.12. The van der Waals surface area contributed by atoms with Gasteiger partial charge in [-0.2, -0.15) is 0 Å². The average molecular weight is 356 g/mol. The van der Waals surface area contributed by atoms with Crippen molar-refractivity contribution in [3.05, 3.63) is 33.4 Å². The van der Waals surface area contributed by atoms with Gasteiger partial charge in [-0.3, -0.25) is 4.79 Å². The van der Waals surface area contributed by atoms with E-state index in [1.165, 1.54) is 25.9 Å². The van der Waals surface area contributed by atoms with Crippen molar-refractivity contribution in [2.45, 2.75) is 18.9 Å². The minimum Gasteiger partial charge on any atom is -0.348 e. The summed E-state index contributed by atoms with van der Waals surface area (Å²) in [4.78, 5) is 14.7. The van der Waals surface area contributed by atoms with Crippen molar-refractivity contribution in [2.75, 3.05) is 19.6 Å². The summed E-state index contributed by atoms with van der Waals surface area (Å²) in [6.07, 6.45) is 2.47. The fourth-order valence-corrected chi connectivity index (χ4v) is 3.55. The van der Waals surface area contributed by atoms with E-state index in [0.717, 1.165) is 15.7 Å². The summed E-state index contributed by atoms with van der Waals surface area (Å²) in [5.41, 5.74) is 0.776. The van der Waals surface area contributed by atoms with Crippen LogP contribution in [0.15, 0.2) is 24.3 Å². The second-order valence-corrected chi connectivity index (χ2v) is 6.47. The Kier molecular flexibility index (Phi) is 3.56. The van der Waals surface area contributed by atoms with Crippen molar-refractivity contribution in [1.82, 2.24) is 10.2 Å². The minimum absolute atomic E-state index is 0.0762. The molecule has 1 unspecified atom stereocenters. The Morgan fingerprint density at radius 3 is 2.72 bits per heavy atom. The van der Waals surface area contributed by atoms with E-state index < -0.39 is 0 Å². The maximum Gasteiger partial charge on any atom is 0.251 e. The Labute approximate surface area is 121 Å². The highest BCUT2D eigenvalue weighted by atomic mass is 127. The highest BCUT2D eigenvalue weighted by Gasteiger charge is 2.34. The van der Waals surface area contributed by atoms with Crippen molar-refractivity contribution in [3.63, 3.8) is 0 Å². The first kappa shape index (κ1) is 12.4. The van der Waals surface area contributed by atoms with E-state index in [9.17, 15) is 4.79 Å². The predicted octanol–water partition coefficient (Wildman–Crippen LogP) is 2.12. The maximum absolute atomic E-state index is 12.2. The van der Waals surface area contributed by atoms with E-state index in [0.29, 0.717) is 12.0 Å². The normalized spacial score (nSPS) is 30.2. The molecule has 0 radical (unpaired) electrons. The van der Waals surface area contributed by atoms with Gasteiger partial charge < -0.3 is 10.2 Å². The van der Waals surface area contributed by atoms with Crippen molar-refractivity contribution >= 4 is 28.5 Å². The summed E-state index contributed by atoms with van der Waals surface area (Å²) in [5, 5.41) is 3.21. The van der Waals surface area contributed by atoms with Gasteiger partial charge in [-0.25, -0.2) is 0 Å². The smallest absolute Gasteiger partial charge is 0.251 e. The molecule has 1 atom stereocenters. The van der Waals surface area contributed by atoms with E-state index in [1.54, 1.807) is 0 Å². The third-order valence-corrected chi connectivity index (χ3v) is 4.73. The van der Waals surface area contributed by atoms with Crippen molar-refractivity contribution in [3.8, 4) is 0 Å². The van der Waals surface area contributed by atoms with Crippen LogP contribution in [0.5, 0.6) is 0 Å². The van der Waals surface area contributed by atoms with Gasteiger partial charge in [0.1, 0.15) is 0 Å². The molecule has 0 aromatic heterocycles. The summed E-state index contributed by atoms with van der Waals surface area (Å²) >= 11 is 2.24. The third kappa shape index (κ3) is 2.54. The number of carbonyl (C=O) groups is 1. The molecule has 3 aliphatic rings. The number of benzene rings is 1. The third-order valence-electron chi connectivity index (χ3n) is 4.06. The highest BCUT2D eigenvalue weighted by molar-refractivity contribution is 14.1. The van der Waals surface area contributed by atoms with Crippen LogP contribution in [0, 0.1) is 9.49 Å². The fraction of sp³-hybridized carbons (Fsp3) is 0.500. The molecule has 0 saturated carbocycles. The van der Waals surface area contributed by atoms with Gasteiger partial charge in [0.15, 0.2) is 0 Å². The quantitative estimate of drug-likeness (QED) is 0.824. The Bertz CT molecular complexity index is 455. The lowest BCUT2D eigenvalue weighted by Gasteiger charge is -2.44. The monoisotopic (exact) mass is 356 g/mol. The number of amides is 1. The number of nitrogens with zero attached hydrogens (tertiary/aromatic N) is 1. The average Bonchev–Trinajstić information content (AvgIpc) is 2.40. The SMILES string of the molecule is O=C(NC1CN2CCC1CC2)c1cccc(I)c1. The molecule has 3 saturated heterocycles. The van der Waals surface area contributed by atoms with Crippen LogP contribution < -0.4 is 5.32 Å². The molecule has 3 heterocycles. The van der Waals surface area contributed by atoms with Crippen LogP contribution in [-0.2, 0) is 0 Å². The molecule has 18 heavy (non-hydrogen) atoms. The summed E-state index contributed by atoms with van der Waals surface area (Å²) in [6.45, 7) is 3.45. The van der Waals surface area contributed by atoms with Gasteiger partial charge in [-0.15, -0.1) is 0 Å². The lowest BCUT2D eigenvalue weighted by molar-refractivity contribution is 0.0620. The highest BCUT2D eigenvalue weighted by Crippen LogP contribution is 2.27.